The molecule has 8 heteroatoms. The van der Waals surface area contributed by atoms with Gasteiger partial charge in [0.1, 0.15) is 0 Å². The van der Waals surface area contributed by atoms with Gasteiger partial charge in [-0.1, -0.05) is 48.0 Å². The van der Waals surface area contributed by atoms with E-state index in [-0.39, 0.29) is 17.8 Å². The molecule has 1 aromatic heterocycles. The number of amides is 2. The number of ether oxygens (including phenoxy) is 2. The van der Waals surface area contributed by atoms with E-state index in [4.69, 9.17) is 9.47 Å². The number of carbonyl (C=O) groups excluding carboxylic acids is 3. The van der Waals surface area contributed by atoms with Gasteiger partial charge < -0.3 is 14.8 Å². The Hall–Kier alpha value is -4.98. The lowest BCUT2D eigenvalue weighted by Crippen LogP contribution is -2.27. The highest BCUT2D eigenvalue weighted by Crippen LogP contribution is 2.27. The number of rotatable bonds is 13. The number of pyridine rings is 1. The Balaban J connectivity index is 1.36. The number of aromatic nitrogens is 1. The molecule has 1 heterocycles. The van der Waals surface area contributed by atoms with Gasteiger partial charge in [-0.15, -0.1) is 0 Å². The van der Waals surface area contributed by atoms with Crippen LogP contribution in [0, 0.1) is 6.92 Å². The van der Waals surface area contributed by atoms with Crippen molar-refractivity contribution in [2.45, 2.75) is 39.5 Å². The molecule has 222 valence electrons. The molecule has 3 aromatic carbocycles. The number of carbonyl (C=O) groups is 3. The summed E-state index contributed by atoms with van der Waals surface area (Å²) in [6.07, 6.45) is 4.32. The Bertz CT molecular complexity index is 1530. The van der Waals surface area contributed by atoms with Gasteiger partial charge in [-0.2, -0.15) is 0 Å². The van der Waals surface area contributed by atoms with Crippen LogP contribution in [0.4, 0.5) is 11.5 Å². The maximum Gasteiger partial charge on any atom is 0.305 e. The van der Waals surface area contributed by atoms with Crippen molar-refractivity contribution in [3.63, 3.8) is 0 Å². The maximum atomic E-state index is 13.3. The lowest BCUT2D eigenvalue weighted by Gasteiger charge is -2.20. The third kappa shape index (κ3) is 8.52. The Labute approximate surface area is 252 Å². The molecule has 4 rings (SSSR count). The Kier molecular flexibility index (Phi) is 11.0. The number of nitrogens with one attached hydrogen (secondary N) is 1. The van der Waals surface area contributed by atoms with Crippen LogP contribution >= 0.6 is 0 Å². The van der Waals surface area contributed by atoms with Crippen LogP contribution in [0.25, 0.3) is 11.1 Å². The number of unbranched alkanes of at least 4 members (excludes halogenated alkanes) is 2. The number of benzene rings is 3. The van der Waals surface area contributed by atoms with Crippen LogP contribution in [0.3, 0.4) is 0 Å². The molecule has 0 atom stereocenters. The maximum absolute atomic E-state index is 13.3. The van der Waals surface area contributed by atoms with E-state index in [1.807, 2.05) is 49.4 Å². The summed E-state index contributed by atoms with van der Waals surface area (Å²) in [5.41, 5.74) is 4.54. The van der Waals surface area contributed by atoms with Crippen molar-refractivity contribution >= 4 is 29.3 Å². The number of hydrogen-bond donors (Lipinski definition) is 1. The smallest absolute Gasteiger partial charge is 0.305 e. The van der Waals surface area contributed by atoms with Crippen LogP contribution in [-0.4, -0.2) is 43.0 Å². The number of esters is 1. The van der Waals surface area contributed by atoms with Crippen molar-refractivity contribution in [1.82, 2.24) is 4.98 Å². The molecule has 0 bridgehead atoms. The topological polar surface area (TPSA) is 97.8 Å². The Morgan fingerprint density at radius 1 is 0.860 bits per heavy atom. The van der Waals surface area contributed by atoms with Gasteiger partial charge in [0, 0.05) is 36.5 Å². The van der Waals surface area contributed by atoms with E-state index in [0.717, 1.165) is 36.0 Å². The van der Waals surface area contributed by atoms with Crippen LogP contribution in [0.15, 0.2) is 91.1 Å². The minimum absolute atomic E-state index is 0.183. The summed E-state index contributed by atoms with van der Waals surface area (Å²) >= 11 is 0. The predicted octanol–water partition coefficient (Wildman–Crippen LogP) is 7.09. The SMILES string of the molecule is CCOC(=O)CCCCCOc1cccnc1N(C)C(=O)c1ccc(NC(=O)c2ccccc2-c2ccc(C)cc2)cc1. The van der Waals surface area contributed by atoms with Gasteiger partial charge in [0.05, 0.1) is 13.2 Å². The molecule has 43 heavy (non-hydrogen) atoms. The summed E-state index contributed by atoms with van der Waals surface area (Å²) in [4.78, 5) is 43.8. The molecule has 0 aliphatic rings. The monoisotopic (exact) mass is 579 g/mol. The summed E-state index contributed by atoms with van der Waals surface area (Å²) in [6.45, 7) is 4.65. The molecule has 0 saturated heterocycles. The summed E-state index contributed by atoms with van der Waals surface area (Å²) in [7, 11) is 1.65. The summed E-state index contributed by atoms with van der Waals surface area (Å²) in [6, 6.07) is 25.8. The molecule has 8 nitrogen and oxygen atoms in total. The van der Waals surface area contributed by atoms with Crippen LogP contribution in [0.5, 0.6) is 5.75 Å². The van der Waals surface area contributed by atoms with Crippen LogP contribution in [-0.2, 0) is 9.53 Å². The molecule has 2 amide bonds. The average Bonchev–Trinajstić information content (AvgIpc) is 3.03. The first-order valence-electron chi connectivity index (χ1n) is 14.5. The third-order valence-electron chi connectivity index (χ3n) is 6.89. The first-order chi connectivity index (χ1) is 20.9. The van der Waals surface area contributed by atoms with E-state index in [0.29, 0.717) is 48.0 Å². The second-order valence-corrected chi connectivity index (χ2v) is 10.1. The van der Waals surface area contributed by atoms with Crippen LogP contribution in [0.2, 0.25) is 0 Å². The highest BCUT2D eigenvalue weighted by molar-refractivity contribution is 6.09. The molecule has 0 aliphatic heterocycles. The largest absolute Gasteiger partial charge is 0.490 e. The molecular weight excluding hydrogens is 542 g/mol. The Morgan fingerprint density at radius 2 is 1.60 bits per heavy atom. The van der Waals surface area contributed by atoms with Gasteiger partial charge in [0.25, 0.3) is 11.8 Å². The van der Waals surface area contributed by atoms with Gasteiger partial charge in [-0.05, 0) is 86.7 Å². The zero-order chi connectivity index (χ0) is 30.6. The van der Waals surface area contributed by atoms with E-state index in [2.05, 4.69) is 10.3 Å². The van der Waals surface area contributed by atoms with Crippen molar-refractivity contribution in [3.05, 3.63) is 108 Å². The second kappa shape index (κ2) is 15.3. The van der Waals surface area contributed by atoms with Crippen LogP contribution in [0.1, 0.15) is 58.9 Å². The van der Waals surface area contributed by atoms with Gasteiger partial charge >= 0.3 is 5.97 Å². The van der Waals surface area contributed by atoms with Crippen molar-refractivity contribution < 1.29 is 23.9 Å². The van der Waals surface area contributed by atoms with Crippen molar-refractivity contribution in [3.8, 4) is 16.9 Å². The lowest BCUT2D eigenvalue weighted by molar-refractivity contribution is -0.143. The average molecular weight is 580 g/mol. The van der Waals surface area contributed by atoms with Crippen molar-refractivity contribution in [2.24, 2.45) is 0 Å². The third-order valence-corrected chi connectivity index (χ3v) is 6.89. The number of anilines is 2. The highest BCUT2D eigenvalue weighted by atomic mass is 16.5. The molecule has 0 aliphatic carbocycles. The zero-order valence-corrected chi connectivity index (χ0v) is 24.8. The fourth-order valence-electron chi connectivity index (χ4n) is 4.56. The summed E-state index contributed by atoms with van der Waals surface area (Å²) in [5.74, 6) is 0.227. The molecule has 0 saturated carbocycles. The van der Waals surface area contributed by atoms with Crippen molar-refractivity contribution in [2.75, 3.05) is 30.5 Å². The van der Waals surface area contributed by atoms with E-state index in [1.54, 1.807) is 62.6 Å². The highest BCUT2D eigenvalue weighted by Gasteiger charge is 2.19. The molecule has 0 unspecified atom stereocenters. The summed E-state index contributed by atoms with van der Waals surface area (Å²) in [5, 5.41) is 2.94. The van der Waals surface area contributed by atoms with Gasteiger partial charge in [-0.25, -0.2) is 4.98 Å². The summed E-state index contributed by atoms with van der Waals surface area (Å²) < 4.78 is 10.9. The van der Waals surface area contributed by atoms with Crippen LogP contribution < -0.4 is 15.0 Å². The molecule has 4 aromatic rings. The van der Waals surface area contributed by atoms with E-state index in [9.17, 15) is 14.4 Å². The second-order valence-electron chi connectivity index (χ2n) is 10.1. The zero-order valence-electron chi connectivity index (χ0n) is 24.8. The fourth-order valence-corrected chi connectivity index (χ4v) is 4.56. The molecule has 0 radical (unpaired) electrons. The molecular formula is C35H37N3O5. The van der Waals surface area contributed by atoms with E-state index < -0.39 is 0 Å². The van der Waals surface area contributed by atoms with E-state index in [1.165, 1.54) is 4.90 Å². The number of aryl methyl sites for hydroxylation is 1. The van der Waals surface area contributed by atoms with Gasteiger partial charge in [-0.3, -0.25) is 19.3 Å². The molecule has 1 N–H and O–H groups in total. The fraction of sp³-hybridized carbons (Fsp3) is 0.257. The lowest BCUT2D eigenvalue weighted by atomic mass is 9.98. The normalized spacial score (nSPS) is 10.6. The first-order valence-corrected chi connectivity index (χ1v) is 14.5. The number of hydrogen-bond acceptors (Lipinski definition) is 6. The first kappa shape index (κ1) is 31.0. The quantitative estimate of drug-likeness (QED) is 0.134. The molecule has 0 fully saturated rings. The minimum atomic E-state index is -0.263. The van der Waals surface area contributed by atoms with E-state index >= 15 is 0 Å². The van der Waals surface area contributed by atoms with Gasteiger partial charge in [0.15, 0.2) is 11.6 Å². The number of nitrogens with zero attached hydrogens (tertiary/aromatic N) is 2. The van der Waals surface area contributed by atoms with Crippen molar-refractivity contribution in [1.29, 1.82) is 0 Å². The van der Waals surface area contributed by atoms with Gasteiger partial charge in [0.2, 0.25) is 0 Å². The molecule has 0 spiro atoms. The minimum Gasteiger partial charge on any atom is -0.490 e. The standard InChI is InChI=1S/C35H37N3O5/c1-4-42-32(39)14-6-5-9-24-43-31-13-10-23-36-33(31)38(3)35(41)27-19-21-28(22-20-27)37-34(40)30-12-8-7-11-29(30)26-17-15-25(2)16-18-26/h7-8,10-13,15-23H,4-6,9,14,24H2,1-3H3,(H,37,40). The Morgan fingerprint density at radius 3 is 2.35 bits per heavy atom. The predicted molar refractivity (Wildman–Crippen MR) is 169 cm³/mol.